The SMILES string of the molecule is Cc1cccc(CN(C)S(=O)(=O)C(C)C)c1. The average molecular weight is 241 g/mol. The van der Waals surface area contributed by atoms with E-state index in [1.165, 1.54) is 4.31 Å². The summed E-state index contributed by atoms with van der Waals surface area (Å²) in [7, 11) is -1.53. The molecule has 0 spiro atoms. The molecule has 0 radical (unpaired) electrons. The Hall–Kier alpha value is -0.870. The van der Waals surface area contributed by atoms with Crippen LogP contribution in [0, 0.1) is 6.92 Å². The molecule has 16 heavy (non-hydrogen) atoms. The lowest BCUT2D eigenvalue weighted by Crippen LogP contribution is -2.32. The van der Waals surface area contributed by atoms with Crippen molar-refractivity contribution in [2.45, 2.75) is 32.6 Å². The van der Waals surface area contributed by atoms with Gasteiger partial charge in [0.1, 0.15) is 0 Å². The van der Waals surface area contributed by atoms with Crippen molar-refractivity contribution in [2.24, 2.45) is 0 Å². The van der Waals surface area contributed by atoms with Gasteiger partial charge in [0.2, 0.25) is 10.0 Å². The fourth-order valence-corrected chi connectivity index (χ4v) is 2.57. The van der Waals surface area contributed by atoms with Crippen LogP contribution < -0.4 is 0 Å². The molecule has 1 aromatic carbocycles. The molecule has 0 unspecified atom stereocenters. The third kappa shape index (κ3) is 3.06. The summed E-state index contributed by atoms with van der Waals surface area (Å²) in [5.41, 5.74) is 2.17. The summed E-state index contributed by atoms with van der Waals surface area (Å²) in [6.45, 7) is 5.83. The molecule has 0 amide bonds. The second-order valence-corrected chi connectivity index (χ2v) is 6.93. The summed E-state index contributed by atoms with van der Waals surface area (Å²) in [4.78, 5) is 0. The molecule has 0 atom stereocenters. The van der Waals surface area contributed by atoms with Gasteiger partial charge in [0.25, 0.3) is 0 Å². The molecule has 0 N–H and O–H groups in total. The molecule has 0 aromatic heterocycles. The van der Waals surface area contributed by atoms with Gasteiger partial charge in [-0.25, -0.2) is 12.7 Å². The Morgan fingerprint density at radius 1 is 1.31 bits per heavy atom. The maximum atomic E-state index is 11.8. The van der Waals surface area contributed by atoms with E-state index in [0.29, 0.717) is 6.54 Å². The molecule has 90 valence electrons. The normalized spacial score (nSPS) is 12.4. The smallest absolute Gasteiger partial charge is 0.212 e. The summed E-state index contributed by atoms with van der Waals surface area (Å²) in [6.07, 6.45) is 0. The summed E-state index contributed by atoms with van der Waals surface area (Å²) >= 11 is 0. The van der Waals surface area contributed by atoms with Gasteiger partial charge in [-0.3, -0.25) is 0 Å². The highest BCUT2D eigenvalue weighted by Gasteiger charge is 2.21. The van der Waals surface area contributed by atoms with Crippen molar-refractivity contribution in [1.29, 1.82) is 0 Å². The number of sulfonamides is 1. The van der Waals surface area contributed by atoms with Crippen molar-refractivity contribution in [3.63, 3.8) is 0 Å². The minimum atomic E-state index is -3.15. The van der Waals surface area contributed by atoms with Gasteiger partial charge in [-0.15, -0.1) is 0 Å². The summed E-state index contributed by atoms with van der Waals surface area (Å²) in [6, 6.07) is 7.90. The van der Waals surface area contributed by atoms with E-state index in [9.17, 15) is 8.42 Å². The van der Waals surface area contributed by atoms with E-state index < -0.39 is 10.0 Å². The van der Waals surface area contributed by atoms with Crippen molar-refractivity contribution in [1.82, 2.24) is 4.31 Å². The monoisotopic (exact) mass is 241 g/mol. The summed E-state index contributed by atoms with van der Waals surface area (Å²) in [5.74, 6) is 0. The first-order valence-corrected chi connectivity index (χ1v) is 6.85. The standard InChI is InChI=1S/C12H19NO2S/c1-10(2)16(14,15)13(4)9-12-7-5-6-11(3)8-12/h5-8,10H,9H2,1-4H3. The molecule has 0 bridgehead atoms. The molecule has 0 heterocycles. The zero-order valence-electron chi connectivity index (χ0n) is 10.3. The van der Waals surface area contributed by atoms with Gasteiger partial charge in [-0.2, -0.15) is 0 Å². The Balaban J connectivity index is 2.83. The summed E-state index contributed by atoms with van der Waals surface area (Å²) in [5, 5.41) is -0.373. The minimum absolute atomic E-state index is 0.373. The van der Waals surface area contributed by atoms with Crippen LogP contribution >= 0.6 is 0 Å². The molecule has 4 heteroatoms. The number of benzene rings is 1. The van der Waals surface area contributed by atoms with E-state index in [0.717, 1.165) is 11.1 Å². The Bertz CT molecular complexity index is 452. The molecule has 0 aliphatic carbocycles. The molecular weight excluding hydrogens is 222 g/mol. The molecule has 0 aliphatic rings. The van der Waals surface area contributed by atoms with Crippen molar-refractivity contribution in [3.8, 4) is 0 Å². The van der Waals surface area contributed by atoms with Gasteiger partial charge >= 0.3 is 0 Å². The second-order valence-electron chi connectivity index (χ2n) is 4.34. The lowest BCUT2D eigenvalue weighted by Gasteiger charge is -2.19. The van der Waals surface area contributed by atoms with E-state index >= 15 is 0 Å². The maximum absolute atomic E-state index is 11.8. The maximum Gasteiger partial charge on any atom is 0.216 e. The Labute approximate surface area is 98.1 Å². The Kier molecular flexibility index (Phi) is 4.10. The number of nitrogens with zero attached hydrogens (tertiary/aromatic N) is 1. The van der Waals surface area contributed by atoms with E-state index in [1.807, 2.05) is 31.2 Å². The van der Waals surface area contributed by atoms with Crippen LogP contribution in [0.1, 0.15) is 25.0 Å². The lowest BCUT2D eigenvalue weighted by molar-refractivity contribution is 0.459. The van der Waals surface area contributed by atoms with Crippen LogP contribution in [0.2, 0.25) is 0 Å². The van der Waals surface area contributed by atoms with Crippen LogP contribution in [-0.4, -0.2) is 25.0 Å². The van der Waals surface area contributed by atoms with Crippen LogP contribution in [0.4, 0.5) is 0 Å². The average Bonchev–Trinajstić information content (AvgIpc) is 2.17. The van der Waals surface area contributed by atoms with Gasteiger partial charge < -0.3 is 0 Å². The van der Waals surface area contributed by atoms with E-state index in [1.54, 1.807) is 20.9 Å². The fourth-order valence-electron chi connectivity index (χ4n) is 1.52. The zero-order chi connectivity index (χ0) is 12.3. The minimum Gasteiger partial charge on any atom is -0.212 e. The predicted molar refractivity (Wildman–Crippen MR) is 66.7 cm³/mol. The van der Waals surface area contributed by atoms with Crippen LogP contribution in [0.3, 0.4) is 0 Å². The van der Waals surface area contributed by atoms with Crippen LogP contribution in [0.25, 0.3) is 0 Å². The highest BCUT2D eigenvalue weighted by molar-refractivity contribution is 7.89. The van der Waals surface area contributed by atoms with E-state index in [2.05, 4.69) is 0 Å². The fraction of sp³-hybridized carbons (Fsp3) is 0.500. The Morgan fingerprint density at radius 2 is 1.94 bits per heavy atom. The highest BCUT2D eigenvalue weighted by Crippen LogP contribution is 2.12. The first-order valence-electron chi connectivity index (χ1n) is 5.34. The number of rotatable bonds is 4. The van der Waals surface area contributed by atoms with Crippen molar-refractivity contribution >= 4 is 10.0 Å². The molecule has 0 saturated carbocycles. The van der Waals surface area contributed by atoms with E-state index in [-0.39, 0.29) is 5.25 Å². The van der Waals surface area contributed by atoms with Gasteiger partial charge in [0.15, 0.2) is 0 Å². The molecule has 0 fully saturated rings. The molecule has 0 aliphatic heterocycles. The molecule has 3 nitrogen and oxygen atoms in total. The van der Waals surface area contributed by atoms with Gasteiger partial charge in [-0.05, 0) is 26.3 Å². The lowest BCUT2D eigenvalue weighted by atomic mass is 10.1. The first kappa shape index (κ1) is 13.2. The molecule has 1 rings (SSSR count). The van der Waals surface area contributed by atoms with Crippen molar-refractivity contribution in [2.75, 3.05) is 7.05 Å². The van der Waals surface area contributed by atoms with Crippen LogP contribution in [0.15, 0.2) is 24.3 Å². The topological polar surface area (TPSA) is 37.4 Å². The largest absolute Gasteiger partial charge is 0.216 e. The van der Waals surface area contributed by atoms with Crippen LogP contribution in [-0.2, 0) is 16.6 Å². The van der Waals surface area contributed by atoms with Gasteiger partial charge in [0.05, 0.1) is 5.25 Å². The predicted octanol–water partition coefficient (Wildman–Crippen LogP) is 2.17. The van der Waals surface area contributed by atoms with Gasteiger partial charge in [-0.1, -0.05) is 29.8 Å². The van der Waals surface area contributed by atoms with Crippen LogP contribution in [0.5, 0.6) is 0 Å². The number of hydrogen-bond donors (Lipinski definition) is 0. The third-order valence-electron chi connectivity index (χ3n) is 2.52. The summed E-state index contributed by atoms with van der Waals surface area (Å²) < 4.78 is 25.1. The first-order chi connectivity index (χ1) is 7.34. The number of hydrogen-bond acceptors (Lipinski definition) is 2. The third-order valence-corrected chi connectivity index (χ3v) is 4.71. The van der Waals surface area contributed by atoms with Crippen molar-refractivity contribution in [3.05, 3.63) is 35.4 Å². The van der Waals surface area contributed by atoms with Crippen molar-refractivity contribution < 1.29 is 8.42 Å². The molecule has 1 aromatic rings. The number of aryl methyl sites for hydroxylation is 1. The van der Waals surface area contributed by atoms with Gasteiger partial charge in [0, 0.05) is 13.6 Å². The Morgan fingerprint density at radius 3 is 2.44 bits per heavy atom. The van der Waals surface area contributed by atoms with E-state index in [4.69, 9.17) is 0 Å². The highest BCUT2D eigenvalue weighted by atomic mass is 32.2. The molecular formula is C12H19NO2S. The zero-order valence-corrected chi connectivity index (χ0v) is 11.1. The quantitative estimate of drug-likeness (QED) is 0.810. The molecule has 0 saturated heterocycles. The second kappa shape index (κ2) is 4.97.